The van der Waals surface area contributed by atoms with E-state index in [0.29, 0.717) is 6.04 Å². The van der Waals surface area contributed by atoms with Crippen LogP contribution in [0.15, 0.2) is 35.6 Å². The number of aromatic nitrogens is 2. The number of nitrogens with one attached hydrogen (secondary N) is 2. The van der Waals surface area contributed by atoms with Crippen molar-refractivity contribution in [1.82, 2.24) is 20.2 Å². The highest BCUT2D eigenvalue weighted by Crippen LogP contribution is 2.18. The van der Waals surface area contributed by atoms with Crippen molar-refractivity contribution < 1.29 is 5.11 Å². The fourth-order valence-corrected chi connectivity index (χ4v) is 3.35. The van der Waals surface area contributed by atoms with E-state index in [4.69, 9.17) is 4.99 Å². The molecule has 1 aliphatic carbocycles. The Labute approximate surface area is 149 Å². The summed E-state index contributed by atoms with van der Waals surface area (Å²) in [4.78, 5) is 9.13. The molecular formula is C19H29N5O. The molecule has 0 aliphatic heterocycles. The van der Waals surface area contributed by atoms with Crippen LogP contribution in [-0.2, 0) is 6.54 Å². The summed E-state index contributed by atoms with van der Waals surface area (Å²) in [6, 6.07) is 8.63. The zero-order chi connectivity index (χ0) is 17.5. The summed E-state index contributed by atoms with van der Waals surface area (Å²) in [5.41, 5.74) is 2.22. The van der Waals surface area contributed by atoms with E-state index in [1.54, 1.807) is 0 Å². The number of hydrogen-bond acceptors (Lipinski definition) is 3. The fourth-order valence-electron chi connectivity index (χ4n) is 3.35. The second kappa shape index (κ2) is 8.85. The van der Waals surface area contributed by atoms with E-state index in [9.17, 15) is 5.11 Å². The number of nitrogens with zero attached hydrogens (tertiary/aromatic N) is 3. The molecule has 3 N–H and O–H groups in total. The number of benzene rings is 1. The van der Waals surface area contributed by atoms with Gasteiger partial charge in [0.1, 0.15) is 0 Å². The van der Waals surface area contributed by atoms with Crippen LogP contribution in [0, 0.1) is 0 Å². The van der Waals surface area contributed by atoms with Gasteiger partial charge >= 0.3 is 0 Å². The van der Waals surface area contributed by atoms with Gasteiger partial charge in [-0.25, -0.2) is 4.98 Å². The Hall–Kier alpha value is -2.08. The molecule has 1 aromatic carbocycles. The van der Waals surface area contributed by atoms with Gasteiger partial charge in [0.05, 0.1) is 23.5 Å². The van der Waals surface area contributed by atoms with E-state index in [2.05, 4.69) is 33.2 Å². The van der Waals surface area contributed by atoms with Crippen LogP contribution in [-0.4, -0.2) is 45.9 Å². The molecule has 0 atom stereocenters. The Kier molecular flexibility index (Phi) is 6.28. The molecule has 2 aromatic rings. The maximum Gasteiger partial charge on any atom is 0.191 e. The summed E-state index contributed by atoms with van der Waals surface area (Å²) in [7, 11) is 0. The monoisotopic (exact) mass is 343 g/mol. The van der Waals surface area contributed by atoms with Crippen LogP contribution >= 0.6 is 0 Å². The van der Waals surface area contributed by atoms with Gasteiger partial charge in [0.25, 0.3) is 0 Å². The third-order valence-corrected chi connectivity index (χ3v) is 4.74. The van der Waals surface area contributed by atoms with Crippen molar-refractivity contribution in [3.63, 3.8) is 0 Å². The maximum absolute atomic E-state index is 9.62. The molecule has 25 heavy (non-hydrogen) atoms. The number of aliphatic imine (C=N–C) groups is 1. The van der Waals surface area contributed by atoms with Gasteiger partial charge in [-0.1, -0.05) is 12.1 Å². The normalized spacial score (nSPS) is 21.4. The van der Waals surface area contributed by atoms with Crippen LogP contribution < -0.4 is 10.6 Å². The first-order valence-corrected chi connectivity index (χ1v) is 9.39. The number of aliphatic hydroxyl groups is 1. The first-order chi connectivity index (χ1) is 12.3. The molecule has 0 saturated heterocycles. The highest BCUT2D eigenvalue weighted by molar-refractivity contribution is 5.80. The van der Waals surface area contributed by atoms with Crippen molar-refractivity contribution in [2.45, 2.75) is 57.7 Å². The number of guanidine groups is 1. The van der Waals surface area contributed by atoms with Gasteiger partial charge in [0.15, 0.2) is 5.96 Å². The Balaban J connectivity index is 1.49. The Morgan fingerprint density at radius 1 is 1.28 bits per heavy atom. The highest BCUT2D eigenvalue weighted by atomic mass is 16.3. The van der Waals surface area contributed by atoms with Crippen LogP contribution in [0.25, 0.3) is 11.0 Å². The van der Waals surface area contributed by atoms with Crippen LogP contribution in [0.4, 0.5) is 0 Å². The summed E-state index contributed by atoms with van der Waals surface area (Å²) >= 11 is 0. The number of imidazole rings is 1. The minimum Gasteiger partial charge on any atom is -0.393 e. The number of para-hydroxylation sites is 2. The quantitative estimate of drug-likeness (QED) is 0.427. The first-order valence-electron chi connectivity index (χ1n) is 9.39. The van der Waals surface area contributed by atoms with E-state index in [1.807, 2.05) is 24.5 Å². The molecule has 0 unspecified atom stereocenters. The van der Waals surface area contributed by atoms with E-state index in [1.165, 1.54) is 5.52 Å². The molecule has 1 fully saturated rings. The molecule has 6 nitrogen and oxygen atoms in total. The highest BCUT2D eigenvalue weighted by Gasteiger charge is 2.19. The zero-order valence-electron chi connectivity index (χ0n) is 15.0. The minimum absolute atomic E-state index is 0.123. The largest absolute Gasteiger partial charge is 0.393 e. The fraction of sp³-hybridized carbons (Fsp3) is 0.579. The summed E-state index contributed by atoms with van der Waals surface area (Å²) in [6.45, 7) is 4.63. The predicted molar refractivity (Wildman–Crippen MR) is 102 cm³/mol. The van der Waals surface area contributed by atoms with Gasteiger partial charge < -0.3 is 20.3 Å². The average Bonchev–Trinajstić information content (AvgIpc) is 3.04. The Morgan fingerprint density at radius 3 is 2.88 bits per heavy atom. The third-order valence-electron chi connectivity index (χ3n) is 4.74. The van der Waals surface area contributed by atoms with Gasteiger partial charge in [0, 0.05) is 25.7 Å². The molecule has 1 aromatic heterocycles. The van der Waals surface area contributed by atoms with Crippen molar-refractivity contribution in [2.24, 2.45) is 4.99 Å². The second-order valence-corrected chi connectivity index (χ2v) is 6.69. The maximum atomic E-state index is 9.62. The lowest BCUT2D eigenvalue weighted by Gasteiger charge is -2.27. The van der Waals surface area contributed by atoms with E-state index < -0.39 is 0 Å². The molecule has 3 rings (SSSR count). The molecule has 1 aliphatic rings. The van der Waals surface area contributed by atoms with E-state index in [-0.39, 0.29) is 6.10 Å². The summed E-state index contributed by atoms with van der Waals surface area (Å²) < 4.78 is 2.19. The molecule has 136 valence electrons. The van der Waals surface area contributed by atoms with Crippen molar-refractivity contribution >= 4 is 17.0 Å². The van der Waals surface area contributed by atoms with Crippen molar-refractivity contribution in [3.8, 4) is 0 Å². The van der Waals surface area contributed by atoms with E-state index >= 15 is 0 Å². The average molecular weight is 343 g/mol. The summed E-state index contributed by atoms with van der Waals surface area (Å²) in [5.74, 6) is 0.888. The number of hydrogen-bond donors (Lipinski definition) is 3. The van der Waals surface area contributed by atoms with Crippen LogP contribution in [0.5, 0.6) is 0 Å². The van der Waals surface area contributed by atoms with Gasteiger partial charge in [-0.05, 0) is 51.2 Å². The van der Waals surface area contributed by atoms with Crippen LogP contribution in [0.2, 0.25) is 0 Å². The molecule has 0 radical (unpaired) electrons. The molecule has 1 saturated carbocycles. The molecule has 6 heteroatoms. The van der Waals surface area contributed by atoms with Gasteiger partial charge in [-0.3, -0.25) is 4.99 Å². The summed E-state index contributed by atoms with van der Waals surface area (Å²) in [6.07, 6.45) is 6.53. The number of fused-ring (bicyclic) bond motifs is 1. The van der Waals surface area contributed by atoms with Crippen LogP contribution in [0.3, 0.4) is 0 Å². The topological polar surface area (TPSA) is 74.5 Å². The second-order valence-electron chi connectivity index (χ2n) is 6.69. The predicted octanol–water partition coefficient (Wildman–Crippen LogP) is 2.28. The van der Waals surface area contributed by atoms with Crippen molar-refractivity contribution in [3.05, 3.63) is 30.6 Å². The summed E-state index contributed by atoms with van der Waals surface area (Å²) in [5, 5.41) is 16.5. The number of rotatable bonds is 6. The lowest BCUT2D eigenvalue weighted by molar-refractivity contribution is 0.120. The zero-order valence-corrected chi connectivity index (χ0v) is 15.0. The molecule has 0 bridgehead atoms. The number of aryl methyl sites for hydroxylation is 1. The molecule has 0 spiro atoms. The molecule has 1 heterocycles. The lowest BCUT2D eigenvalue weighted by Crippen LogP contribution is -2.45. The molecule has 0 amide bonds. The van der Waals surface area contributed by atoms with Gasteiger partial charge in [-0.15, -0.1) is 0 Å². The third kappa shape index (κ3) is 4.95. The van der Waals surface area contributed by atoms with Crippen molar-refractivity contribution in [1.29, 1.82) is 0 Å². The number of aliphatic hydroxyl groups excluding tert-OH is 1. The molecular weight excluding hydrogens is 314 g/mol. The lowest BCUT2D eigenvalue weighted by atomic mass is 9.93. The smallest absolute Gasteiger partial charge is 0.191 e. The SMILES string of the molecule is CCNC(=NCCCn1cnc2ccccc21)NC1CCC(O)CC1. The van der Waals surface area contributed by atoms with Gasteiger partial charge in [-0.2, -0.15) is 0 Å². The minimum atomic E-state index is -0.123. The Bertz CT molecular complexity index is 688. The standard InChI is InChI=1S/C19H29N5O/c1-2-20-19(23-15-8-10-16(25)11-9-15)21-12-5-13-24-14-22-17-6-3-4-7-18(17)24/h3-4,6-7,14-16,25H,2,5,8-13H2,1H3,(H2,20,21,23). The van der Waals surface area contributed by atoms with Crippen molar-refractivity contribution in [2.75, 3.05) is 13.1 Å². The first kappa shape index (κ1) is 17.7. The Morgan fingerprint density at radius 2 is 2.08 bits per heavy atom. The van der Waals surface area contributed by atoms with Crippen LogP contribution in [0.1, 0.15) is 39.0 Å². The van der Waals surface area contributed by atoms with Gasteiger partial charge in [0.2, 0.25) is 0 Å². The van der Waals surface area contributed by atoms with E-state index in [0.717, 1.165) is 63.2 Å².